The van der Waals surface area contributed by atoms with E-state index in [4.69, 9.17) is 16.3 Å². The molecule has 0 saturated carbocycles. The lowest BCUT2D eigenvalue weighted by Crippen LogP contribution is -2.15. The second kappa shape index (κ2) is 7.61. The summed E-state index contributed by atoms with van der Waals surface area (Å²) < 4.78 is 8.59. The molecule has 0 aliphatic rings. The normalized spacial score (nSPS) is 11.7. The third-order valence-electron chi connectivity index (χ3n) is 3.98. The van der Waals surface area contributed by atoms with Gasteiger partial charge in [0.25, 0.3) is 0 Å². The minimum absolute atomic E-state index is 0.00539. The van der Waals surface area contributed by atoms with Gasteiger partial charge in [-0.05, 0) is 41.1 Å². The van der Waals surface area contributed by atoms with Gasteiger partial charge in [0.15, 0.2) is 11.5 Å². The summed E-state index contributed by atoms with van der Waals surface area (Å²) in [7, 11) is 0. The summed E-state index contributed by atoms with van der Waals surface area (Å²) in [6.07, 6.45) is 5.17. The number of ether oxygens (including phenoxy) is 1. The molecule has 140 valence electrons. The molecule has 4 aromatic rings. The van der Waals surface area contributed by atoms with Crippen molar-refractivity contribution in [3.05, 3.63) is 77.0 Å². The van der Waals surface area contributed by atoms with Crippen LogP contribution in [-0.4, -0.2) is 35.6 Å². The van der Waals surface area contributed by atoms with E-state index in [1.54, 1.807) is 41.9 Å². The molecule has 0 saturated heterocycles. The molecule has 1 aromatic carbocycles. The molecule has 0 amide bonds. The molecule has 0 fully saturated rings. The molecule has 0 radical (unpaired) electrons. The molecule has 0 N–H and O–H groups in total. The van der Waals surface area contributed by atoms with Gasteiger partial charge in [-0.25, -0.2) is 9.78 Å². The third-order valence-corrected chi connectivity index (χ3v) is 4.21. The molecule has 8 nitrogen and oxygen atoms in total. The third kappa shape index (κ3) is 3.77. The first-order valence-electron chi connectivity index (χ1n) is 8.42. The van der Waals surface area contributed by atoms with E-state index in [2.05, 4.69) is 20.5 Å². The van der Waals surface area contributed by atoms with Gasteiger partial charge >= 0.3 is 5.97 Å². The Labute approximate surface area is 165 Å². The van der Waals surface area contributed by atoms with Crippen molar-refractivity contribution in [1.29, 1.82) is 0 Å². The lowest BCUT2D eigenvalue weighted by Gasteiger charge is -2.08. The Hall–Kier alpha value is -3.52. The maximum Gasteiger partial charge on any atom is 0.357 e. The number of aromatic nitrogens is 6. The molecule has 3 heterocycles. The van der Waals surface area contributed by atoms with Crippen LogP contribution in [0.25, 0.3) is 17.4 Å². The summed E-state index contributed by atoms with van der Waals surface area (Å²) in [4.78, 5) is 17.2. The van der Waals surface area contributed by atoms with Crippen LogP contribution in [0.15, 0.2) is 54.9 Å². The van der Waals surface area contributed by atoms with Crippen molar-refractivity contribution in [2.45, 2.75) is 13.5 Å². The van der Waals surface area contributed by atoms with Crippen molar-refractivity contribution in [3.8, 4) is 0 Å². The fourth-order valence-electron chi connectivity index (χ4n) is 2.67. The monoisotopic (exact) mass is 394 g/mol. The van der Waals surface area contributed by atoms with E-state index in [1.807, 2.05) is 30.3 Å². The Morgan fingerprint density at radius 3 is 2.75 bits per heavy atom. The van der Waals surface area contributed by atoms with Gasteiger partial charge < -0.3 is 9.14 Å². The van der Waals surface area contributed by atoms with Gasteiger partial charge in [-0.2, -0.15) is 4.68 Å². The van der Waals surface area contributed by atoms with Gasteiger partial charge in [0.2, 0.25) is 0 Å². The predicted octanol–water partition coefficient (Wildman–Crippen LogP) is 3.02. The molecule has 4 rings (SSSR count). The average Bonchev–Trinajstić information content (AvgIpc) is 3.30. The van der Waals surface area contributed by atoms with Crippen LogP contribution in [-0.2, 0) is 16.1 Å². The maximum absolute atomic E-state index is 12.8. The van der Waals surface area contributed by atoms with Crippen molar-refractivity contribution in [2.24, 2.45) is 0 Å². The maximum atomic E-state index is 12.8. The zero-order valence-electron chi connectivity index (χ0n) is 14.9. The van der Waals surface area contributed by atoms with Crippen LogP contribution < -0.4 is 0 Å². The summed E-state index contributed by atoms with van der Waals surface area (Å²) >= 11 is 5.98. The number of hydrogen-bond acceptors (Lipinski definition) is 6. The smallest absolute Gasteiger partial charge is 0.357 e. The van der Waals surface area contributed by atoms with E-state index in [9.17, 15) is 4.79 Å². The van der Waals surface area contributed by atoms with Crippen molar-refractivity contribution in [3.63, 3.8) is 0 Å². The van der Waals surface area contributed by atoms with Gasteiger partial charge in [0, 0.05) is 12.4 Å². The van der Waals surface area contributed by atoms with Crippen LogP contribution in [0.5, 0.6) is 0 Å². The lowest BCUT2D eigenvalue weighted by molar-refractivity contribution is -0.138. The Bertz CT molecular complexity index is 1170. The summed E-state index contributed by atoms with van der Waals surface area (Å²) in [6, 6.07) is 12.9. The zero-order valence-corrected chi connectivity index (χ0v) is 15.6. The molecule has 0 bridgehead atoms. The number of pyridine rings is 1. The molecule has 9 heteroatoms. The Morgan fingerprint density at radius 1 is 1.18 bits per heavy atom. The number of fused-ring (bicyclic) bond motifs is 1. The van der Waals surface area contributed by atoms with E-state index in [1.165, 1.54) is 4.68 Å². The highest BCUT2D eigenvalue weighted by Crippen LogP contribution is 2.16. The highest BCUT2D eigenvalue weighted by atomic mass is 35.5. The number of hydrogen-bond donors (Lipinski definition) is 0. The van der Waals surface area contributed by atoms with E-state index < -0.39 is 5.97 Å². The minimum Gasteiger partial charge on any atom is -0.454 e. The number of aryl methyl sites for hydroxylation is 1. The van der Waals surface area contributed by atoms with Crippen LogP contribution in [0.2, 0.25) is 5.02 Å². The van der Waals surface area contributed by atoms with Crippen molar-refractivity contribution >= 4 is 35.0 Å². The highest BCUT2D eigenvalue weighted by Gasteiger charge is 2.18. The average molecular weight is 395 g/mol. The largest absolute Gasteiger partial charge is 0.454 e. The summed E-state index contributed by atoms with van der Waals surface area (Å²) in [6.45, 7) is 1.71. The second-order valence-electron chi connectivity index (χ2n) is 6.00. The second-order valence-corrected chi connectivity index (χ2v) is 6.44. The molecule has 0 unspecified atom stereocenters. The SMILES string of the molecule is Cc1nnnn1C(=Cc1ccccc1)C(=O)OCc1cn2cc(Cl)ccc2n1. The molecule has 0 spiro atoms. The van der Waals surface area contributed by atoms with Crippen molar-refractivity contribution in [2.75, 3.05) is 0 Å². The number of imidazole rings is 1. The van der Waals surface area contributed by atoms with Crippen LogP contribution in [0.4, 0.5) is 0 Å². The van der Waals surface area contributed by atoms with Crippen molar-refractivity contribution in [1.82, 2.24) is 29.6 Å². The topological polar surface area (TPSA) is 87.2 Å². The van der Waals surface area contributed by atoms with E-state index in [-0.39, 0.29) is 12.3 Å². The van der Waals surface area contributed by atoms with Crippen LogP contribution >= 0.6 is 11.6 Å². The summed E-state index contributed by atoms with van der Waals surface area (Å²) in [5.74, 6) is -0.0872. The first-order valence-corrected chi connectivity index (χ1v) is 8.80. The molecule has 0 aliphatic heterocycles. The molecular weight excluding hydrogens is 380 g/mol. The minimum atomic E-state index is -0.561. The summed E-state index contributed by atoms with van der Waals surface area (Å²) in [5, 5.41) is 11.9. The lowest BCUT2D eigenvalue weighted by atomic mass is 10.2. The number of halogens is 1. The van der Waals surface area contributed by atoms with Gasteiger partial charge in [0.05, 0.1) is 10.7 Å². The molecule has 28 heavy (non-hydrogen) atoms. The summed E-state index contributed by atoms with van der Waals surface area (Å²) in [5.41, 5.74) is 2.35. The van der Waals surface area contributed by atoms with E-state index in [0.29, 0.717) is 22.2 Å². The molecule has 0 atom stereocenters. The van der Waals surface area contributed by atoms with Gasteiger partial charge in [-0.3, -0.25) is 0 Å². The number of nitrogens with zero attached hydrogens (tertiary/aromatic N) is 6. The number of benzene rings is 1. The van der Waals surface area contributed by atoms with E-state index in [0.717, 1.165) is 5.56 Å². The van der Waals surface area contributed by atoms with Gasteiger partial charge in [0.1, 0.15) is 12.3 Å². The Kier molecular flexibility index (Phi) is 4.86. The van der Waals surface area contributed by atoms with Crippen LogP contribution in [0.3, 0.4) is 0 Å². The Morgan fingerprint density at radius 2 is 2.00 bits per heavy atom. The number of rotatable bonds is 5. The van der Waals surface area contributed by atoms with Gasteiger partial charge in [-0.1, -0.05) is 41.9 Å². The molecule has 0 aliphatic carbocycles. The fraction of sp³-hybridized carbons (Fsp3) is 0.105. The fourth-order valence-corrected chi connectivity index (χ4v) is 2.84. The molecular formula is C19H15ClN6O2. The molecule has 3 aromatic heterocycles. The van der Waals surface area contributed by atoms with E-state index >= 15 is 0 Å². The first kappa shape index (κ1) is 17.9. The van der Waals surface area contributed by atoms with Crippen LogP contribution in [0.1, 0.15) is 17.1 Å². The zero-order chi connectivity index (χ0) is 19.5. The number of carbonyl (C=O) groups is 1. The Balaban J connectivity index is 1.58. The quantitative estimate of drug-likeness (QED) is 0.382. The van der Waals surface area contributed by atoms with Crippen LogP contribution in [0, 0.1) is 6.92 Å². The predicted molar refractivity (Wildman–Crippen MR) is 103 cm³/mol. The number of esters is 1. The van der Waals surface area contributed by atoms with Crippen molar-refractivity contribution < 1.29 is 9.53 Å². The number of tetrazole rings is 1. The van der Waals surface area contributed by atoms with Gasteiger partial charge in [-0.15, -0.1) is 5.10 Å². The first-order chi connectivity index (χ1) is 13.6. The highest BCUT2D eigenvalue weighted by molar-refractivity contribution is 6.30. The standard InChI is InChI=1S/C19H15ClN6O2/c1-13-22-23-24-26(13)17(9-14-5-3-2-4-6-14)19(27)28-12-16-11-25-10-15(20)7-8-18(25)21-16/h2-11H,12H2,1H3. The number of carbonyl (C=O) groups excluding carboxylic acids is 1.